The second-order valence-corrected chi connectivity index (χ2v) is 6.11. The summed E-state index contributed by atoms with van der Waals surface area (Å²) in [6.45, 7) is 8.78. The van der Waals surface area contributed by atoms with Crippen molar-refractivity contribution in [1.82, 2.24) is 14.7 Å². The topological polar surface area (TPSA) is 85.4 Å². The van der Waals surface area contributed by atoms with Crippen LogP contribution >= 0.6 is 0 Å². The number of nitrogens with zero attached hydrogens (tertiary/aromatic N) is 4. The van der Waals surface area contributed by atoms with Crippen molar-refractivity contribution in [3.8, 4) is 0 Å². The van der Waals surface area contributed by atoms with E-state index in [1.807, 2.05) is 11.8 Å². The molecule has 1 atom stereocenters. The Morgan fingerprint density at radius 1 is 1.33 bits per heavy atom. The summed E-state index contributed by atoms with van der Waals surface area (Å²) in [6, 6.07) is 0. The zero-order valence-corrected chi connectivity index (χ0v) is 13.7. The molecule has 1 heterocycles. The second kappa shape index (κ2) is 7.61. The molecule has 1 rings (SSSR count). The van der Waals surface area contributed by atoms with Crippen LogP contribution in [0.2, 0.25) is 0 Å². The highest BCUT2D eigenvalue weighted by Crippen LogP contribution is 2.25. The number of hydrogen-bond donors (Lipinski definition) is 2. The third kappa shape index (κ3) is 4.31. The minimum absolute atomic E-state index is 0.00922. The number of hydrogen-bond acceptors (Lipinski definition) is 5. The number of rotatable bonds is 6. The number of oxime groups is 1. The number of carbonyl (C=O) groups is 1. The van der Waals surface area contributed by atoms with Crippen molar-refractivity contribution >= 4 is 11.7 Å². The minimum atomic E-state index is -0.916. The highest BCUT2D eigenvalue weighted by atomic mass is 16.4. The minimum Gasteiger partial charge on any atom is -0.409 e. The van der Waals surface area contributed by atoms with E-state index in [2.05, 4.69) is 29.1 Å². The summed E-state index contributed by atoms with van der Waals surface area (Å²) in [6.07, 6.45) is 0.516. The third-order valence-corrected chi connectivity index (χ3v) is 4.38. The first-order valence-electron chi connectivity index (χ1n) is 7.49. The fraction of sp³-hybridized carbons (Fsp3) is 0.857. The van der Waals surface area contributed by atoms with E-state index in [0.717, 1.165) is 26.2 Å². The predicted molar refractivity (Wildman–Crippen MR) is 83.4 cm³/mol. The Balaban J connectivity index is 2.59. The standard InChI is InChI=1S/C14H29N5O2/c1-5-14(2,12(15)16-21)13(20)19-10-8-18(9-11-19)7-6-17(3)4/h21H,5-11H2,1-4H3,(H2,15,16). The van der Waals surface area contributed by atoms with Crippen molar-refractivity contribution in [3.63, 3.8) is 0 Å². The Hall–Kier alpha value is -1.34. The summed E-state index contributed by atoms with van der Waals surface area (Å²) in [5, 5.41) is 11.9. The van der Waals surface area contributed by atoms with E-state index in [1.54, 1.807) is 6.92 Å². The maximum Gasteiger partial charge on any atom is 0.236 e. The molecule has 7 heteroatoms. The fourth-order valence-corrected chi connectivity index (χ4v) is 2.42. The molecule has 0 aliphatic carbocycles. The maximum absolute atomic E-state index is 12.7. The molecule has 0 aromatic heterocycles. The summed E-state index contributed by atoms with van der Waals surface area (Å²) in [5.74, 6) is -0.0578. The van der Waals surface area contributed by atoms with Gasteiger partial charge in [0.05, 0.1) is 0 Å². The molecule has 1 saturated heterocycles. The maximum atomic E-state index is 12.7. The van der Waals surface area contributed by atoms with Gasteiger partial charge in [0, 0.05) is 39.3 Å². The summed E-state index contributed by atoms with van der Waals surface area (Å²) in [4.78, 5) is 19.0. The smallest absolute Gasteiger partial charge is 0.236 e. The van der Waals surface area contributed by atoms with Gasteiger partial charge in [-0.1, -0.05) is 12.1 Å². The first-order valence-corrected chi connectivity index (χ1v) is 7.49. The molecule has 1 aliphatic heterocycles. The van der Waals surface area contributed by atoms with Crippen LogP contribution in [0.4, 0.5) is 0 Å². The predicted octanol–water partition coefficient (Wildman–Crippen LogP) is -0.145. The first-order chi connectivity index (χ1) is 9.85. The molecule has 0 aromatic carbocycles. The molecule has 0 bridgehead atoms. The molecule has 7 nitrogen and oxygen atoms in total. The number of amidine groups is 1. The van der Waals surface area contributed by atoms with Gasteiger partial charge in [0.15, 0.2) is 5.84 Å². The Labute approximate surface area is 127 Å². The number of likely N-dealkylation sites (N-methyl/N-ethyl adjacent to an activating group) is 1. The van der Waals surface area contributed by atoms with E-state index < -0.39 is 5.41 Å². The zero-order valence-electron chi connectivity index (χ0n) is 13.7. The van der Waals surface area contributed by atoms with Crippen molar-refractivity contribution in [1.29, 1.82) is 0 Å². The molecule has 122 valence electrons. The molecular weight excluding hydrogens is 270 g/mol. The van der Waals surface area contributed by atoms with Crippen molar-refractivity contribution in [2.45, 2.75) is 20.3 Å². The molecule has 21 heavy (non-hydrogen) atoms. The number of amides is 1. The van der Waals surface area contributed by atoms with Crippen LogP contribution in [-0.2, 0) is 4.79 Å². The van der Waals surface area contributed by atoms with Crippen LogP contribution in [0, 0.1) is 5.41 Å². The Morgan fingerprint density at radius 3 is 2.33 bits per heavy atom. The van der Waals surface area contributed by atoms with Crippen LogP contribution in [0.3, 0.4) is 0 Å². The Morgan fingerprint density at radius 2 is 1.90 bits per heavy atom. The SMILES string of the molecule is CCC(C)(C(=O)N1CCN(CCN(C)C)CC1)C(N)=NO. The van der Waals surface area contributed by atoms with E-state index in [1.165, 1.54) is 0 Å². The monoisotopic (exact) mass is 299 g/mol. The lowest BCUT2D eigenvalue weighted by Crippen LogP contribution is -2.56. The fourth-order valence-electron chi connectivity index (χ4n) is 2.42. The lowest BCUT2D eigenvalue weighted by atomic mass is 9.84. The Kier molecular flexibility index (Phi) is 6.42. The second-order valence-electron chi connectivity index (χ2n) is 6.11. The van der Waals surface area contributed by atoms with Crippen molar-refractivity contribution in [3.05, 3.63) is 0 Å². The van der Waals surface area contributed by atoms with E-state index in [-0.39, 0.29) is 11.7 Å². The highest BCUT2D eigenvalue weighted by Gasteiger charge is 2.40. The zero-order chi connectivity index (χ0) is 16.0. The van der Waals surface area contributed by atoms with Crippen LogP contribution in [-0.4, -0.2) is 85.0 Å². The van der Waals surface area contributed by atoms with Crippen LogP contribution < -0.4 is 5.73 Å². The van der Waals surface area contributed by atoms with Crippen LogP contribution in [0.1, 0.15) is 20.3 Å². The van der Waals surface area contributed by atoms with Gasteiger partial charge in [-0.2, -0.15) is 0 Å². The molecule has 1 unspecified atom stereocenters. The van der Waals surface area contributed by atoms with E-state index >= 15 is 0 Å². The van der Waals surface area contributed by atoms with E-state index in [9.17, 15) is 4.79 Å². The van der Waals surface area contributed by atoms with Crippen LogP contribution in [0.5, 0.6) is 0 Å². The van der Waals surface area contributed by atoms with Gasteiger partial charge in [0.1, 0.15) is 5.41 Å². The van der Waals surface area contributed by atoms with E-state index in [0.29, 0.717) is 19.5 Å². The number of carbonyl (C=O) groups excluding carboxylic acids is 1. The lowest BCUT2D eigenvalue weighted by Gasteiger charge is -2.39. The molecule has 1 fully saturated rings. The first kappa shape index (κ1) is 17.7. The van der Waals surface area contributed by atoms with Gasteiger partial charge in [-0.25, -0.2) is 0 Å². The molecule has 1 aliphatic rings. The number of nitrogens with two attached hydrogens (primary N) is 1. The summed E-state index contributed by atoms with van der Waals surface area (Å²) in [5.41, 5.74) is 4.80. The number of piperazine rings is 1. The quantitative estimate of drug-likeness (QED) is 0.308. The van der Waals surface area contributed by atoms with Gasteiger partial charge in [-0.15, -0.1) is 0 Å². The van der Waals surface area contributed by atoms with Gasteiger partial charge >= 0.3 is 0 Å². The van der Waals surface area contributed by atoms with Crippen LogP contribution in [0.15, 0.2) is 5.16 Å². The van der Waals surface area contributed by atoms with Gasteiger partial charge in [0.2, 0.25) is 5.91 Å². The van der Waals surface area contributed by atoms with Gasteiger partial charge < -0.3 is 20.7 Å². The van der Waals surface area contributed by atoms with Crippen LogP contribution in [0.25, 0.3) is 0 Å². The summed E-state index contributed by atoms with van der Waals surface area (Å²) in [7, 11) is 4.12. The molecule has 0 radical (unpaired) electrons. The van der Waals surface area contributed by atoms with Gasteiger partial charge in [-0.3, -0.25) is 9.69 Å². The lowest BCUT2D eigenvalue weighted by molar-refractivity contribution is -0.139. The average Bonchev–Trinajstić information content (AvgIpc) is 2.50. The van der Waals surface area contributed by atoms with Gasteiger partial charge in [-0.05, 0) is 27.4 Å². The average molecular weight is 299 g/mol. The molecular formula is C14H29N5O2. The van der Waals surface area contributed by atoms with Gasteiger partial charge in [0.25, 0.3) is 0 Å². The molecule has 0 aromatic rings. The molecule has 0 saturated carbocycles. The Bertz CT molecular complexity index is 378. The summed E-state index contributed by atoms with van der Waals surface area (Å²) >= 11 is 0. The van der Waals surface area contributed by atoms with Crippen molar-refractivity contribution < 1.29 is 10.0 Å². The summed E-state index contributed by atoms with van der Waals surface area (Å²) < 4.78 is 0. The molecule has 0 spiro atoms. The molecule has 1 amide bonds. The highest BCUT2D eigenvalue weighted by molar-refractivity contribution is 6.06. The van der Waals surface area contributed by atoms with E-state index in [4.69, 9.17) is 10.9 Å². The third-order valence-electron chi connectivity index (χ3n) is 4.38. The normalized spacial score (nSPS) is 20.6. The van der Waals surface area contributed by atoms with Crippen molar-refractivity contribution in [2.75, 3.05) is 53.4 Å². The van der Waals surface area contributed by atoms with Crippen molar-refractivity contribution in [2.24, 2.45) is 16.3 Å². The molecule has 3 N–H and O–H groups in total. The largest absolute Gasteiger partial charge is 0.409 e.